The summed E-state index contributed by atoms with van der Waals surface area (Å²) < 4.78 is 0. The van der Waals surface area contributed by atoms with E-state index in [9.17, 15) is 4.79 Å². The average Bonchev–Trinajstić information content (AvgIpc) is 3.33. The fourth-order valence-electron chi connectivity index (χ4n) is 4.18. The van der Waals surface area contributed by atoms with E-state index in [4.69, 9.17) is 0 Å². The number of nitrogens with one attached hydrogen (secondary N) is 2. The quantitative estimate of drug-likeness (QED) is 0.352. The van der Waals surface area contributed by atoms with Crippen molar-refractivity contribution < 1.29 is 4.79 Å². The number of guanidine groups is 1. The Labute approximate surface area is 184 Å². The van der Waals surface area contributed by atoms with Crippen molar-refractivity contribution in [2.24, 2.45) is 10.4 Å². The first-order valence-electron chi connectivity index (χ1n) is 9.93. The number of rotatable bonds is 6. The van der Waals surface area contributed by atoms with Gasteiger partial charge in [0.25, 0.3) is 0 Å². The Hall–Kier alpha value is -0.830. The molecule has 5 nitrogen and oxygen atoms in total. The van der Waals surface area contributed by atoms with Crippen LogP contribution in [0.3, 0.4) is 0 Å². The minimum Gasteiger partial charge on any atom is -0.356 e. The second kappa shape index (κ2) is 10.6. The number of nitrogens with zero attached hydrogens (tertiary/aromatic N) is 2. The highest BCUT2D eigenvalue weighted by molar-refractivity contribution is 14.0. The van der Waals surface area contributed by atoms with Crippen LogP contribution in [0.25, 0.3) is 0 Å². The number of halogens is 1. The number of hydrogen-bond donors (Lipinski definition) is 2. The molecule has 2 N–H and O–H groups in total. The number of fused-ring (bicyclic) bond motifs is 1. The lowest BCUT2D eigenvalue weighted by Gasteiger charge is -2.29. The molecule has 0 unspecified atom stereocenters. The Morgan fingerprint density at radius 2 is 2.11 bits per heavy atom. The smallest absolute Gasteiger partial charge is 0.224 e. The molecular formula is C20H33IN4OS. The molecule has 1 amide bonds. The summed E-state index contributed by atoms with van der Waals surface area (Å²) in [6.45, 7) is 5.51. The van der Waals surface area contributed by atoms with Gasteiger partial charge in [0.1, 0.15) is 0 Å². The summed E-state index contributed by atoms with van der Waals surface area (Å²) in [5, 5.41) is 8.92. The SMILES string of the molecule is CCC1(CNC(=NC)NCCC(=O)N2CCc3sccc3C2)CCCC1.I. The van der Waals surface area contributed by atoms with Crippen LogP contribution in [0.5, 0.6) is 0 Å². The standard InChI is InChI=1S/C20H32N4OS.HI/c1-3-20(9-4-5-10-20)15-23-19(21-2)22-11-6-18(25)24-12-7-17-16(14-24)8-13-26-17;/h8,13H,3-7,9-12,14-15H2,1-2H3,(H2,21,22,23);1H. The van der Waals surface area contributed by atoms with Crippen molar-refractivity contribution in [2.75, 3.05) is 26.7 Å². The van der Waals surface area contributed by atoms with Gasteiger partial charge >= 0.3 is 0 Å². The molecule has 1 aromatic rings. The Morgan fingerprint density at radius 3 is 2.81 bits per heavy atom. The van der Waals surface area contributed by atoms with Gasteiger partial charge in [0.15, 0.2) is 5.96 Å². The summed E-state index contributed by atoms with van der Waals surface area (Å²) in [4.78, 5) is 20.2. The number of carbonyl (C=O) groups is 1. The molecule has 1 saturated carbocycles. The van der Waals surface area contributed by atoms with Crippen LogP contribution in [0.15, 0.2) is 16.4 Å². The highest BCUT2D eigenvalue weighted by Crippen LogP contribution is 2.40. The Balaban J connectivity index is 0.00000261. The van der Waals surface area contributed by atoms with Gasteiger partial charge in [-0.15, -0.1) is 35.3 Å². The third-order valence-electron chi connectivity index (χ3n) is 6.06. The lowest BCUT2D eigenvalue weighted by Crippen LogP contribution is -2.44. The van der Waals surface area contributed by atoms with Crippen LogP contribution in [0.1, 0.15) is 55.9 Å². The van der Waals surface area contributed by atoms with Crippen molar-refractivity contribution in [3.63, 3.8) is 0 Å². The number of amides is 1. The normalized spacial score (nSPS) is 18.6. The molecule has 0 radical (unpaired) electrons. The molecule has 0 spiro atoms. The van der Waals surface area contributed by atoms with Crippen molar-refractivity contribution >= 4 is 47.2 Å². The number of carbonyl (C=O) groups excluding carboxylic acids is 1. The lowest BCUT2D eigenvalue weighted by molar-refractivity contribution is -0.131. The van der Waals surface area contributed by atoms with Crippen molar-refractivity contribution in [2.45, 2.75) is 58.4 Å². The molecule has 1 aliphatic carbocycles. The lowest BCUT2D eigenvalue weighted by atomic mass is 9.83. The molecule has 1 fully saturated rings. The van der Waals surface area contributed by atoms with Gasteiger partial charge in [-0.1, -0.05) is 19.8 Å². The van der Waals surface area contributed by atoms with E-state index in [0.29, 0.717) is 18.4 Å². The van der Waals surface area contributed by atoms with Crippen LogP contribution >= 0.6 is 35.3 Å². The van der Waals surface area contributed by atoms with Gasteiger partial charge in [-0.05, 0) is 48.1 Å². The molecule has 0 saturated heterocycles. The summed E-state index contributed by atoms with van der Waals surface area (Å²) in [6.07, 6.45) is 8.04. The van der Waals surface area contributed by atoms with E-state index in [1.54, 1.807) is 18.4 Å². The number of aliphatic imine (C=N–C) groups is 1. The summed E-state index contributed by atoms with van der Waals surface area (Å²) in [6, 6.07) is 2.15. The first-order valence-corrected chi connectivity index (χ1v) is 10.8. The average molecular weight is 504 g/mol. The zero-order chi connectivity index (χ0) is 18.4. The van der Waals surface area contributed by atoms with Crippen molar-refractivity contribution in [1.82, 2.24) is 15.5 Å². The zero-order valence-electron chi connectivity index (χ0n) is 16.6. The third-order valence-corrected chi connectivity index (χ3v) is 7.08. The van der Waals surface area contributed by atoms with Crippen molar-refractivity contribution in [3.05, 3.63) is 21.9 Å². The monoisotopic (exact) mass is 504 g/mol. The van der Waals surface area contributed by atoms with Crippen LogP contribution in [0.4, 0.5) is 0 Å². The van der Waals surface area contributed by atoms with Crippen LogP contribution in [0, 0.1) is 5.41 Å². The summed E-state index contributed by atoms with van der Waals surface area (Å²) in [5.74, 6) is 1.04. The fourth-order valence-corrected chi connectivity index (χ4v) is 5.07. The second-order valence-electron chi connectivity index (χ2n) is 7.60. The molecule has 0 atom stereocenters. The van der Waals surface area contributed by atoms with E-state index in [2.05, 4.69) is 34.0 Å². The highest BCUT2D eigenvalue weighted by atomic mass is 127. The molecule has 0 bridgehead atoms. The maximum absolute atomic E-state index is 12.5. The molecule has 1 aromatic heterocycles. The topological polar surface area (TPSA) is 56.7 Å². The van der Waals surface area contributed by atoms with Crippen LogP contribution in [0.2, 0.25) is 0 Å². The van der Waals surface area contributed by atoms with E-state index in [0.717, 1.165) is 32.0 Å². The minimum atomic E-state index is 0. The van der Waals surface area contributed by atoms with Gasteiger partial charge < -0.3 is 15.5 Å². The van der Waals surface area contributed by atoms with E-state index >= 15 is 0 Å². The summed E-state index contributed by atoms with van der Waals surface area (Å²) in [7, 11) is 1.80. The number of hydrogen-bond acceptors (Lipinski definition) is 3. The van der Waals surface area contributed by atoms with E-state index in [1.807, 2.05) is 4.90 Å². The zero-order valence-corrected chi connectivity index (χ0v) is 19.7. The van der Waals surface area contributed by atoms with Gasteiger partial charge in [0, 0.05) is 44.5 Å². The molecule has 7 heteroatoms. The minimum absolute atomic E-state index is 0. The predicted molar refractivity (Wildman–Crippen MR) is 124 cm³/mol. The molecule has 3 rings (SSSR count). The molecule has 2 aliphatic rings. The molecule has 152 valence electrons. The maximum atomic E-state index is 12.5. The van der Waals surface area contributed by atoms with Crippen LogP contribution in [-0.2, 0) is 17.8 Å². The largest absolute Gasteiger partial charge is 0.356 e. The fraction of sp³-hybridized carbons (Fsp3) is 0.700. The highest BCUT2D eigenvalue weighted by Gasteiger charge is 2.31. The van der Waals surface area contributed by atoms with Crippen molar-refractivity contribution in [3.8, 4) is 0 Å². The van der Waals surface area contributed by atoms with Gasteiger partial charge in [-0.2, -0.15) is 0 Å². The predicted octanol–water partition coefficient (Wildman–Crippen LogP) is 3.78. The van der Waals surface area contributed by atoms with E-state index in [-0.39, 0.29) is 29.9 Å². The summed E-state index contributed by atoms with van der Waals surface area (Å²) in [5.41, 5.74) is 1.75. The van der Waals surface area contributed by atoms with Crippen molar-refractivity contribution in [1.29, 1.82) is 0 Å². The first-order chi connectivity index (χ1) is 12.7. The van der Waals surface area contributed by atoms with Gasteiger partial charge in [0.05, 0.1) is 0 Å². The van der Waals surface area contributed by atoms with Crippen LogP contribution < -0.4 is 10.6 Å². The Morgan fingerprint density at radius 1 is 1.33 bits per heavy atom. The first kappa shape index (κ1) is 22.5. The molecule has 2 heterocycles. The van der Waals surface area contributed by atoms with Gasteiger partial charge in [-0.3, -0.25) is 9.79 Å². The van der Waals surface area contributed by atoms with E-state index < -0.39 is 0 Å². The van der Waals surface area contributed by atoms with Gasteiger partial charge in [-0.25, -0.2) is 0 Å². The molecule has 1 aliphatic heterocycles. The van der Waals surface area contributed by atoms with Gasteiger partial charge in [0.2, 0.25) is 5.91 Å². The Bertz CT molecular complexity index is 640. The molecular weight excluding hydrogens is 471 g/mol. The van der Waals surface area contributed by atoms with E-state index in [1.165, 1.54) is 42.5 Å². The second-order valence-corrected chi connectivity index (χ2v) is 8.60. The number of thiophene rings is 1. The Kier molecular flexibility index (Phi) is 8.85. The molecule has 0 aromatic carbocycles. The summed E-state index contributed by atoms with van der Waals surface area (Å²) >= 11 is 1.81. The maximum Gasteiger partial charge on any atom is 0.224 e. The third kappa shape index (κ3) is 5.82. The van der Waals surface area contributed by atoms with Crippen LogP contribution in [-0.4, -0.2) is 43.4 Å². The molecule has 27 heavy (non-hydrogen) atoms.